The number of carbonyl (C=O) groups is 2. The highest BCUT2D eigenvalue weighted by Gasteiger charge is 2.45. The van der Waals surface area contributed by atoms with Crippen LogP contribution in [0.1, 0.15) is 33.6 Å². The zero-order valence-corrected chi connectivity index (χ0v) is 14.7. The van der Waals surface area contributed by atoms with Gasteiger partial charge in [-0.05, 0) is 32.9 Å². The van der Waals surface area contributed by atoms with Gasteiger partial charge >= 0.3 is 5.97 Å². The molecule has 1 N–H and O–H groups in total. The molecule has 0 radical (unpaired) electrons. The standard InChI is InChI=1S/C18H24FNO5/c1-12(2)24-13(3)16(21)20-10-8-18(9-11-20,17(22)23)25-15-7-5-4-6-14(15)19/h4-7,12-13H,8-11H2,1-3H3,(H,22,23). The smallest absolute Gasteiger partial charge is 0.348 e. The van der Waals surface area contributed by atoms with E-state index in [0.717, 1.165) is 0 Å². The van der Waals surface area contributed by atoms with Gasteiger partial charge in [-0.25, -0.2) is 9.18 Å². The van der Waals surface area contributed by atoms with Crippen LogP contribution in [-0.2, 0) is 14.3 Å². The van der Waals surface area contributed by atoms with Gasteiger partial charge in [0.1, 0.15) is 6.10 Å². The van der Waals surface area contributed by atoms with Crippen molar-refractivity contribution in [2.75, 3.05) is 13.1 Å². The average Bonchev–Trinajstić information content (AvgIpc) is 2.56. The lowest BCUT2D eigenvalue weighted by molar-refractivity contribution is -0.164. The second kappa shape index (κ2) is 7.82. The number of carboxylic acid groups (broad SMARTS) is 1. The summed E-state index contributed by atoms with van der Waals surface area (Å²) in [7, 11) is 0. The highest BCUT2D eigenvalue weighted by molar-refractivity contribution is 5.82. The third kappa shape index (κ3) is 4.48. The van der Waals surface area contributed by atoms with Gasteiger partial charge < -0.3 is 19.5 Å². The molecule has 0 aliphatic carbocycles. The summed E-state index contributed by atoms with van der Waals surface area (Å²) in [6.45, 7) is 5.79. The first-order valence-corrected chi connectivity index (χ1v) is 8.36. The quantitative estimate of drug-likeness (QED) is 0.850. The van der Waals surface area contributed by atoms with Crippen LogP contribution in [0.3, 0.4) is 0 Å². The Kier molecular flexibility index (Phi) is 6.00. The molecule has 0 saturated carbocycles. The number of benzene rings is 1. The topological polar surface area (TPSA) is 76.1 Å². The highest BCUT2D eigenvalue weighted by Crippen LogP contribution is 2.31. The van der Waals surface area contributed by atoms with Crippen molar-refractivity contribution in [1.82, 2.24) is 4.90 Å². The number of carboxylic acids is 1. The van der Waals surface area contributed by atoms with E-state index >= 15 is 0 Å². The number of halogens is 1. The van der Waals surface area contributed by atoms with E-state index in [4.69, 9.17) is 9.47 Å². The number of para-hydroxylation sites is 1. The Morgan fingerprint density at radius 2 is 1.80 bits per heavy atom. The normalized spacial score (nSPS) is 18.0. The van der Waals surface area contributed by atoms with Gasteiger partial charge in [-0.3, -0.25) is 4.79 Å². The summed E-state index contributed by atoms with van der Waals surface area (Å²) >= 11 is 0. The Morgan fingerprint density at radius 3 is 2.32 bits per heavy atom. The molecule has 1 aliphatic rings. The van der Waals surface area contributed by atoms with Crippen LogP contribution in [0.25, 0.3) is 0 Å². The Morgan fingerprint density at radius 1 is 1.20 bits per heavy atom. The van der Waals surface area contributed by atoms with Gasteiger partial charge in [0.05, 0.1) is 6.10 Å². The molecule has 1 amide bonds. The molecular formula is C18H24FNO5. The molecule has 1 aromatic carbocycles. The number of nitrogens with zero attached hydrogens (tertiary/aromatic N) is 1. The van der Waals surface area contributed by atoms with Crippen molar-refractivity contribution in [3.63, 3.8) is 0 Å². The maximum Gasteiger partial charge on any atom is 0.348 e. The largest absolute Gasteiger partial charge is 0.478 e. The van der Waals surface area contributed by atoms with Crippen molar-refractivity contribution in [3.8, 4) is 5.75 Å². The number of piperidine rings is 1. The zero-order valence-electron chi connectivity index (χ0n) is 14.7. The second-order valence-corrected chi connectivity index (χ2v) is 6.48. The summed E-state index contributed by atoms with van der Waals surface area (Å²) in [5.74, 6) is -2.05. The first kappa shape index (κ1) is 19.2. The van der Waals surface area contributed by atoms with Crippen LogP contribution in [0.5, 0.6) is 5.75 Å². The van der Waals surface area contributed by atoms with Crippen molar-refractivity contribution in [2.45, 2.75) is 51.4 Å². The Labute approximate surface area is 146 Å². The third-order valence-corrected chi connectivity index (χ3v) is 4.24. The lowest BCUT2D eigenvalue weighted by atomic mass is 9.90. The van der Waals surface area contributed by atoms with E-state index < -0.39 is 23.5 Å². The molecule has 25 heavy (non-hydrogen) atoms. The minimum atomic E-state index is -1.54. The van der Waals surface area contributed by atoms with Crippen LogP contribution < -0.4 is 4.74 Å². The van der Waals surface area contributed by atoms with Gasteiger partial charge in [0.2, 0.25) is 5.60 Å². The fourth-order valence-electron chi connectivity index (χ4n) is 2.91. The molecule has 1 aliphatic heterocycles. The van der Waals surface area contributed by atoms with Gasteiger partial charge in [0, 0.05) is 25.9 Å². The molecular weight excluding hydrogens is 329 g/mol. The van der Waals surface area contributed by atoms with Crippen LogP contribution >= 0.6 is 0 Å². The molecule has 1 fully saturated rings. The Bertz CT molecular complexity index is 626. The number of carbonyl (C=O) groups excluding carboxylic acids is 1. The summed E-state index contributed by atoms with van der Waals surface area (Å²) in [6.07, 6.45) is -0.510. The van der Waals surface area contributed by atoms with Crippen LogP contribution in [0, 0.1) is 5.82 Å². The van der Waals surface area contributed by atoms with E-state index in [1.165, 1.54) is 18.2 Å². The second-order valence-electron chi connectivity index (χ2n) is 6.48. The van der Waals surface area contributed by atoms with E-state index in [9.17, 15) is 19.1 Å². The molecule has 6 nitrogen and oxygen atoms in total. The third-order valence-electron chi connectivity index (χ3n) is 4.24. The highest BCUT2D eigenvalue weighted by atomic mass is 19.1. The summed E-state index contributed by atoms with van der Waals surface area (Å²) in [6, 6.07) is 5.70. The predicted molar refractivity (Wildman–Crippen MR) is 88.9 cm³/mol. The van der Waals surface area contributed by atoms with Crippen LogP contribution in [0.2, 0.25) is 0 Å². The SMILES string of the molecule is CC(C)OC(C)C(=O)N1CCC(Oc2ccccc2F)(C(=O)O)CC1. The van der Waals surface area contributed by atoms with Crippen molar-refractivity contribution in [3.05, 3.63) is 30.1 Å². The molecule has 138 valence electrons. The van der Waals surface area contributed by atoms with E-state index in [0.29, 0.717) is 0 Å². The summed E-state index contributed by atoms with van der Waals surface area (Å²) in [4.78, 5) is 25.7. The fourth-order valence-corrected chi connectivity index (χ4v) is 2.91. The average molecular weight is 353 g/mol. The minimum Gasteiger partial charge on any atom is -0.478 e. The molecule has 0 spiro atoms. The maximum atomic E-state index is 13.8. The van der Waals surface area contributed by atoms with Crippen LogP contribution in [0.15, 0.2) is 24.3 Å². The van der Waals surface area contributed by atoms with Gasteiger partial charge in [-0.1, -0.05) is 12.1 Å². The van der Waals surface area contributed by atoms with E-state index in [1.807, 2.05) is 13.8 Å². The molecule has 1 saturated heterocycles. The number of rotatable bonds is 6. The lowest BCUT2D eigenvalue weighted by Crippen LogP contribution is -2.55. The lowest BCUT2D eigenvalue weighted by Gasteiger charge is -2.39. The number of hydrogen-bond acceptors (Lipinski definition) is 4. The fraction of sp³-hybridized carbons (Fsp3) is 0.556. The van der Waals surface area contributed by atoms with Gasteiger partial charge in [-0.2, -0.15) is 0 Å². The van der Waals surface area contributed by atoms with Gasteiger partial charge in [0.25, 0.3) is 5.91 Å². The van der Waals surface area contributed by atoms with E-state index in [-0.39, 0.29) is 43.7 Å². The summed E-state index contributed by atoms with van der Waals surface area (Å²) in [5.41, 5.74) is -1.54. The molecule has 0 bridgehead atoms. The molecule has 2 rings (SSSR count). The molecule has 1 unspecified atom stereocenters. The zero-order chi connectivity index (χ0) is 18.6. The summed E-state index contributed by atoms with van der Waals surface area (Å²) in [5, 5.41) is 9.62. The minimum absolute atomic E-state index is 0.0776. The van der Waals surface area contributed by atoms with Crippen LogP contribution in [-0.4, -0.2) is 52.8 Å². The van der Waals surface area contributed by atoms with Crippen molar-refractivity contribution >= 4 is 11.9 Å². The Balaban J connectivity index is 2.06. The van der Waals surface area contributed by atoms with Gasteiger partial charge in [-0.15, -0.1) is 0 Å². The van der Waals surface area contributed by atoms with E-state index in [2.05, 4.69) is 0 Å². The molecule has 1 aromatic rings. The van der Waals surface area contributed by atoms with Gasteiger partial charge in [0.15, 0.2) is 11.6 Å². The molecule has 1 heterocycles. The number of ether oxygens (including phenoxy) is 2. The number of likely N-dealkylation sites (tertiary alicyclic amines) is 1. The van der Waals surface area contributed by atoms with Crippen molar-refractivity contribution in [2.24, 2.45) is 0 Å². The Hall–Kier alpha value is -2.15. The number of hydrogen-bond donors (Lipinski definition) is 1. The molecule has 1 atom stereocenters. The molecule has 0 aromatic heterocycles. The first-order valence-electron chi connectivity index (χ1n) is 8.36. The number of amides is 1. The maximum absolute atomic E-state index is 13.8. The number of aliphatic carboxylic acids is 1. The van der Waals surface area contributed by atoms with Crippen LogP contribution in [0.4, 0.5) is 4.39 Å². The van der Waals surface area contributed by atoms with E-state index in [1.54, 1.807) is 17.9 Å². The van der Waals surface area contributed by atoms with Crippen molar-refractivity contribution in [1.29, 1.82) is 0 Å². The van der Waals surface area contributed by atoms with Crippen molar-refractivity contribution < 1.29 is 28.6 Å². The molecule has 7 heteroatoms. The summed E-state index contributed by atoms with van der Waals surface area (Å²) < 4.78 is 24.8. The monoisotopic (exact) mass is 353 g/mol. The first-order chi connectivity index (χ1) is 11.7. The predicted octanol–water partition coefficient (Wildman–Crippen LogP) is 2.46.